The van der Waals surface area contributed by atoms with Gasteiger partial charge in [0, 0.05) is 18.7 Å². The lowest BCUT2D eigenvalue weighted by atomic mass is 10.1. The molecule has 1 rings (SSSR count). The lowest BCUT2D eigenvalue weighted by Gasteiger charge is -2.16. The molecule has 0 bridgehead atoms. The Morgan fingerprint density at radius 3 is 2.20 bits per heavy atom. The number of amides is 2. The van der Waals surface area contributed by atoms with Gasteiger partial charge in [-0.3, -0.25) is 0 Å². The SMILES string of the molecule is Cc1cc(C)c(NC(=O)N[C@H](CCO)C(=O)O)c(C)c1. The molecule has 0 aliphatic rings. The van der Waals surface area contributed by atoms with Gasteiger partial charge in [-0.05, 0) is 31.9 Å². The number of benzene rings is 1. The topological polar surface area (TPSA) is 98.7 Å². The molecule has 0 radical (unpaired) electrons. The fourth-order valence-corrected chi connectivity index (χ4v) is 2.07. The number of carboxylic acid groups (broad SMARTS) is 1. The second-order valence-corrected chi connectivity index (χ2v) is 4.78. The third kappa shape index (κ3) is 4.24. The highest BCUT2D eigenvalue weighted by Gasteiger charge is 2.19. The molecule has 0 saturated heterocycles. The van der Waals surface area contributed by atoms with Crippen LogP contribution in [0.5, 0.6) is 0 Å². The minimum atomic E-state index is -1.17. The van der Waals surface area contributed by atoms with Gasteiger partial charge in [-0.1, -0.05) is 17.7 Å². The van der Waals surface area contributed by atoms with E-state index in [0.717, 1.165) is 16.7 Å². The Balaban J connectivity index is 2.78. The van der Waals surface area contributed by atoms with Crippen molar-refractivity contribution in [1.29, 1.82) is 0 Å². The van der Waals surface area contributed by atoms with E-state index in [1.54, 1.807) is 0 Å². The number of aliphatic hydroxyl groups excluding tert-OH is 1. The summed E-state index contributed by atoms with van der Waals surface area (Å²) in [6.07, 6.45) is -0.0331. The van der Waals surface area contributed by atoms with Crippen LogP contribution in [0.1, 0.15) is 23.1 Å². The molecule has 0 aliphatic heterocycles. The molecule has 0 spiro atoms. The summed E-state index contributed by atoms with van der Waals surface area (Å²) in [4.78, 5) is 22.7. The van der Waals surface area contributed by atoms with Crippen molar-refractivity contribution in [2.24, 2.45) is 0 Å². The highest BCUT2D eigenvalue weighted by atomic mass is 16.4. The van der Waals surface area contributed by atoms with Gasteiger partial charge in [0.25, 0.3) is 0 Å². The van der Waals surface area contributed by atoms with Gasteiger partial charge in [0.05, 0.1) is 0 Å². The van der Waals surface area contributed by atoms with E-state index >= 15 is 0 Å². The van der Waals surface area contributed by atoms with E-state index < -0.39 is 18.0 Å². The summed E-state index contributed by atoms with van der Waals surface area (Å²) >= 11 is 0. The maximum absolute atomic E-state index is 11.8. The number of aliphatic carboxylic acids is 1. The molecular formula is C14H20N2O4. The van der Waals surface area contributed by atoms with Gasteiger partial charge in [-0.2, -0.15) is 0 Å². The van der Waals surface area contributed by atoms with Crippen molar-refractivity contribution >= 4 is 17.7 Å². The lowest BCUT2D eigenvalue weighted by Crippen LogP contribution is -2.43. The van der Waals surface area contributed by atoms with Crippen LogP contribution >= 0.6 is 0 Å². The molecule has 0 heterocycles. The van der Waals surface area contributed by atoms with Gasteiger partial charge in [0.2, 0.25) is 0 Å². The molecule has 0 fully saturated rings. The monoisotopic (exact) mass is 280 g/mol. The van der Waals surface area contributed by atoms with Crippen LogP contribution in [0.4, 0.5) is 10.5 Å². The number of aliphatic hydroxyl groups is 1. The molecule has 0 saturated carbocycles. The van der Waals surface area contributed by atoms with Gasteiger partial charge in [-0.25, -0.2) is 9.59 Å². The summed E-state index contributed by atoms with van der Waals surface area (Å²) in [6.45, 7) is 5.40. The Morgan fingerprint density at radius 2 is 1.75 bits per heavy atom. The Kier molecular flexibility index (Phi) is 5.52. The fraction of sp³-hybridized carbons (Fsp3) is 0.429. The van der Waals surface area contributed by atoms with E-state index in [9.17, 15) is 9.59 Å². The van der Waals surface area contributed by atoms with Gasteiger partial charge in [-0.15, -0.1) is 0 Å². The summed E-state index contributed by atoms with van der Waals surface area (Å²) in [5.41, 5.74) is 3.58. The van der Waals surface area contributed by atoms with Crippen molar-refractivity contribution < 1.29 is 19.8 Å². The predicted molar refractivity (Wildman–Crippen MR) is 75.9 cm³/mol. The highest BCUT2D eigenvalue weighted by molar-refractivity contribution is 5.93. The van der Waals surface area contributed by atoms with E-state index in [1.807, 2.05) is 32.9 Å². The maximum Gasteiger partial charge on any atom is 0.326 e. The number of carbonyl (C=O) groups is 2. The Bertz CT molecular complexity index is 491. The van der Waals surface area contributed by atoms with E-state index in [-0.39, 0.29) is 13.0 Å². The molecule has 0 unspecified atom stereocenters. The number of rotatable bonds is 5. The van der Waals surface area contributed by atoms with Crippen molar-refractivity contribution in [3.63, 3.8) is 0 Å². The average molecular weight is 280 g/mol. The first-order valence-corrected chi connectivity index (χ1v) is 6.34. The van der Waals surface area contributed by atoms with Crippen molar-refractivity contribution in [2.75, 3.05) is 11.9 Å². The van der Waals surface area contributed by atoms with Crippen LogP contribution in [0.2, 0.25) is 0 Å². The molecule has 0 aromatic heterocycles. The molecule has 1 aromatic rings. The Hall–Kier alpha value is -2.08. The minimum Gasteiger partial charge on any atom is -0.480 e. The zero-order valence-electron chi connectivity index (χ0n) is 11.9. The molecule has 20 heavy (non-hydrogen) atoms. The first kappa shape index (κ1) is 16.0. The second kappa shape index (κ2) is 6.91. The van der Waals surface area contributed by atoms with Crippen LogP contribution in [0.3, 0.4) is 0 Å². The third-order valence-corrected chi connectivity index (χ3v) is 2.94. The van der Waals surface area contributed by atoms with Gasteiger partial charge in [0.15, 0.2) is 0 Å². The Morgan fingerprint density at radius 1 is 1.20 bits per heavy atom. The van der Waals surface area contributed by atoms with E-state index in [0.29, 0.717) is 5.69 Å². The predicted octanol–water partition coefficient (Wildman–Crippen LogP) is 1.57. The summed E-state index contributed by atoms with van der Waals surface area (Å²) in [5.74, 6) is -1.17. The van der Waals surface area contributed by atoms with Crippen molar-refractivity contribution in [2.45, 2.75) is 33.2 Å². The summed E-state index contributed by atoms with van der Waals surface area (Å²) in [5, 5.41) is 22.7. The zero-order valence-corrected chi connectivity index (χ0v) is 11.9. The van der Waals surface area contributed by atoms with Crippen LogP contribution in [0.15, 0.2) is 12.1 Å². The number of aryl methyl sites for hydroxylation is 3. The van der Waals surface area contributed by atoms with E-state index in [1.165, 1.54) is 0 Å². The first-order chi connectivity index (χ1) is 9.35. The largest absolute Gasteiger partial charge is 0.480 e. The molecular weight excluding hydrogens is 260 g/mol. The summed E-state index contributed by atoms with van der Waals surface area (Å²) in [6, 6.07) is 2.17. The van der Waals surface area contributed by atoms with Crippen molar-refractivity contribution in [3.8, 4) is 0 Å². The first-order valence-electron chi connectivity index (χ1n) is 6.34. The number of hydrogen-bond acceptors (Lipinski definition) is 3. The van der Waals surface area contributed by atoms with Crippen molar-refractivity contribution in [1.82, 2.24) is 5.32 Å². The molecule has 4 N–H and O–H groups in total. The molecule has 6 nitrogen and oxygen atoms in total. The number of carbonyl (C=O) groups excluding carboxylic acids is 1. The van der Waals surface area contributed by atoms with Gasteiger partial charge in [0.1, 0.15) is 6.04 Å². The smallest absolute Gasteiger partial charge is 0.326 e. The van der Waals surface area contributed by atoms with Crippen LogP contribution in [-0.4, -0.2) is 34.9 Å². The number of hydrogen-bond donors (Lipinski definition) is 4. The highest BCUT2D eigenvalue weighted by Crippen LogP contribution is 2.21. The van der Waals surface area contributed by atoms with Gasteiger partial charge < -0.3 is 20.8 Å². The number of nitrogens with one attached hydrogen (secondary N) is 2. The van der Waals surface area contributed by atoms with E-state index in [2.05, 4.69) is 10.6 Å². The number of urea groups is 1. The minimum absolute atomic E-state index is 0.0331. The molecule has 2 amide bonds. The zero-order chi connectivity index (χ0) is 15.3. The standard InChI is InChI=1S/C14H20N2O4/c1-8-6-9(2)12(10(3)7-8)16-14(20)15-11(4-5-17)13(18)19/h6-7,11,17H,4-5H2,1-3H3,(H,18,19)(H2,15,16,20)/t11-/m1/s1. The van der Waals surface area contributed by atoms with Crippen LogP contribution < -0.4 is 10.6 Å². The normalized spacial score (nSPS) is 11.8. The quantitative estimate of drug-likeness (QED) is 0.658. The maximum atomic E-state index is 11.8. The fourth-order valence-electron chi connectivity index (χ4n) is 2.07. The van der Waals surface area contributed by atoms with Crippen LogP contribution in [0, 0.1) is 20.8 Å². The lowest BCUT2D eigenvalue weighted by molar-refractivity contribution is -0.139. The van der Waals surface area contributed by atoms with Crippen LogP contribution in [-0.2, 0) is 4.79 Å². The van der Waals surface area contributed by atoms with E-state index in [4.69, 9.17) is 10.2 Å². The molecule has 1 atom stereocenters. The second-order valence-electron chi connectivity index (χ2n) is 4.78. The van der Waals surface area contributed by atoms with Crippen LogP contribution in [0.25, 0.3) is 0 Å². The molecule has 1 aromatic carbocycles. The summed E-state index contributed by atoms with van der Waals surface area (Å²) < 4.78 is 0. The number of anilines is 1. The molecule has 6 heteroatoms. The molecule has 110 valence electrons. The van der Waals surface area contributed by atoms with Crippen molar-refractivity contribution in [3.05, 3.63) is 28.8 Å². The third-order valence-electron chi connectivity index (χ3n) is 2.94. The van der Waals surface area contributed by atoms with Gasteiger partial charge >= 0.3 is 12.0 Å². The summed E-state index contributed by atoms with van der Waals surface area (Å²) in [7, 11) is 0. The Labute approximate surface area is 117 Å². The average Bonchev–Trinajstić information content (AvgIpc) is 2.33. The molecule has 0 aliphatic carbocycles. The number of carboxylic acids is 1.